The highest BCUT2D eigenvalue weighted by atomic mass is 16.2. The Bertz CT molecular complexity index is 464. The first kappa shape index (κ1) is 13.6. The minimum absolute atomic E-state index is 0.0875. The van der Waals surface area contributed by atoms with Gasteiger partial charge in [0.1, 0.15) is 5.54 Å². The van der Waals surface area contributed by atoms with Gasteiger partial charge in [-0.3, -0.25) is 14.5 Å². The maximum Gasteiger partial charge on any atom is 0.234 e. The Morgan fingerprint density at radius 1 is 1.15 bits per heavy atom. The van der Waals surface area contributed by atoms with Gasteiger partial charge in [-0.05, 0) is 38.6 Å². The molecule has 2 amide bonds. The molecule has 0 aromatic rings. The van der Waals surface area contributed by atoms with Crippen molar-refractivity contribution in [3.63, 3.8) is 0 Å². The zero-order chi connectivity index (χ0) is 14.5. The van der Waals surface area contributed by atoms with Crippen LogP contribution in [0.3, 0.4) is 0 Å². The van der Waals surface area contributed by atoms with E-state index in [1.165, 1.54) is 4.90 Å². The van der Waals surface area contributed by atoms with Gasteiger partial charge in [-0.25, -0.2) is 0 Å². The molecule has 0 aromatic heterocycles. The molecule has 2 atom stereocenters. The van der Waals surface area contributed by atoms with Crippen molar-refractivity contribution in [1.29, 1.82) is 5.26 Å². The van der Waals surface area contributed by atoms with Crippen LogP contribution in [0, 0.1) is 29.1 Å². The average Bonchev–Trinajstić information content (AvgIpc) is 2.92. The lowest BCUT2D eigenvalue weighted by Crippen LogP contribution is -2.56. The number of carbonyl (C=O) groups excluding carboxylic acids is 2. The molecule has 0 bridgehead atoms. The van der Waals surface area contributed by atoms with Crippen molar-refractivity contribution in [3.8, 4) is 6.07 Å². The van der Waals surface area contributed by atoms with Gasteiger partial charge in [-0.2, -0.15) is 5.26 Å². The number of nitriles is 1. The topological polar surface area (TPSA) is 64.4 Å². The van der Waals surface area contributed by atoms with E-state index in [9.17, 15) is 14.9 Å². The first-order chi connectivity index (χ1) is 9.48. The number of hydrogen-bond acceptors (Lipinski definition) is 4. The van der Waals surface area contributed by atoms with Crippen molar-refractivity contribution in [2.24, 2.45) is 17.8 Å². The number of likely N-dealkylation sites (tertiary alicyclic amines) is 2. The number of hydrogen-bond donors (Lipinski definition) is 0. The monoisotopic (exact) mass is 275 g/mol. The van der Waals surface area contributed by atoms with Crippen LogP contribution in [0.25, 0.3) is 0 Å². The fourth-order valence-electron chi connectivity index (χ4n) is 4.07. The quantitative estimate of drug-likeness (QED) is 0.670. The molecule has 3 rings (SSSR count). The summed E-state index contributed by atoms with van der Waals surface area (Å²) in [7, 11) is 2.01. The molecule has 5 heteroatoms. The Kier molecular flexibility index (Phi) is 3.09. The largest absolute Gasteiger partial charge is 0.306 e. The number of piperidine rings is 1. The summed E-state index contributed by atoms with van der Waals surface area (Å²) in [6.45, 7) is 3.62. The molecule has 2 aliphatic heterocycles. The van der Waals surface area contributed by atoms with Crippen LogP contribution in [0.4, 0.5) is 0 Å². The van der Waals surface area contributed by atoms with Gasteiger partial charge in [0.2, 0.25) is 11.8 Å². The molecule has 0 aromatic carbocycles. The van der Waals surface area contributed by atoms with E-state index >= 15 is 0 Å². The van der Waals surface area contributed by atoms with Crippen molar-refractivity contribution in [2.75, 3.05) is 20.1 Å². The number of imide groups is 1. The van der Waals surface area contributed by atoms with Gasteiger partial charge >= 0.3 is 0 Å². The molecule has 0 spiro atoms. The summed E-state index contributed by atoms with van der Waals surface area (Å²) < 4.78 is 0. The van der Waals surface area contributed by atoms with Gasteiger partial charge in [-0.1, -0.05) is 6.92 Å². The molecule has 1 aliphatic carbocycles. The van der Waals surface area contributed by atoms with E-state index in [-0.39, 0.29) is 23.7 Å². The second kappa shape index (κ2) is 4.56. The maximum atomic E-state index is 12.6. The Labute approximate surface area is 119 Å². The van der Waals surface area contributed by atoms with Gasteiger partial charge in [-0.15, -0.1) is 0 Å². The Morgan fingerprint density at radius 3 is 2.10 bits per heavy atom. The van der Waals surface area contributed by atoms with Gasteiger partial charge in [0.05, 0.1) is 17.9 Å². The molecule has 3 fully saturated rings. The first-order valence-corrected chi connectivity index (χ1v) is 7.46. The van der Waals surface area contributed by atoms with Crippen LogP contribution in [-0.2, 0) is 9.59 Å². The molecular formula is C15H21N3O2. The number of fused-ring (bicyclic) bond motifs is 1. The van der Waals surface area contributed by atoms with Crippen LogP contribution < -0.4 is 0 Å². The lowest BCUT2D eigenvalue weighted by Gasteiger charge is -2.41. The van der Waals surface area contributed by atoms with Gasteiger partial charge in [0.25, 0.3) is 0 Å². The molecular weight excluding hydrogens is 254 g/mol. The van der Waals surface area contributed by atoms with E-state index in [1.807, 2.05) is 7.05 Å². The smallest absolute Gasteiger partial charge is 0.234 e. The SMILES string of the molecule is CC1CC2C(=O)N(C3(C#N)CCN(C)CC3)C(=O)C2C1. The van der Waals surface area contributed by atoms with Gasteiger partial charge in [0.15, 0.2) is 0 Å². The predicted octanol–water partition coefficient (Wildman–Crippen LogP) is 1.01. The van der Waals surface area contributed by atoms with Crippen molar-refractivity contribution < 1.29 is 9.59 Å². The molecule has 0 radical (unpaired) electrons. The zero-order valence-corrected chi connectivity index (χ0v) is 12.1. The minimum atomic E-state index is -0.895. The molecule has 2 heterocycles. The highest BCUT2D eigenvalue weighted by Crippen LogP contribution is 2.46. The van der Waals surface area contributed by atoms with Crippen molar-refractivity contribution in [2.45, 2.75) is 38.1 Å². The van der Waals surface area contributed by atoms with Gasteiger partial charge < -0.3 is 4.90 Å². The van der Waals surface area contributed by atoms with Crippen LogP contribution in [0.1, 0.15) is 32.6 Å². The van der Waals surface area contributed by atoms with Crippen LogP contribution in [0.5, 0.6) is 0 Å². The molecule has 2 unspecified atom stereocenters. The highest BCUT2D eigenvalue weighted by Gasteiger charge is 2.58. The molecule has 1 saturated carbocycles. The Hall–Kier alpha value is -1.41. The predicted molar refractivity (Wildman–Crippen MR) is 72.3 cm³/mol. The molecule has 3 aliphatic rings. The van der Waals surface area contributed by atoms with Crippen LogP contribution in [0.15, 0.2) is 0 Å². The van der Waals surface area contributed by atoms with Crippen molar-refractivity contribution in [1.82, 2.24) is 9.80 Å². The first-order valence-electron chi connectivity index (χ1n) is 7.46. The second-order valence-electron chi connectivity index (χ2n) is 6.75. The molecule has 108 valence electrons. The van der Waals surface area contributed by atoms with E-state index in [2.05, 4.69) is 17.9 Å². The van der Waals surface area contributed by atoms with E-state index in [0.29, 0.717) is 18.8 Å². The van der Waals surface area contributed by atoms with Crippen LogP contribution in [0.2, 0.25) is 0 Å². The van der Waals surface area contributed by atoms with E-state index in [4.69, 9.17) is 0 Å². The van der Waals surface area contributed by atoms with E-state index in [0.717, 1.165) is 25.9 Å². The summed E-state index contributed by atoms with van der Waals surface area (Å²) in [4.78, 5) is 28.7. The maximum absolute atomic E-state index is 12.6. The Balaban J connectivity index is 1.89. The summed E-state index contributed by atoms with van der Waals surface area (Å²) >= 11 is 0. The third-order valence-electron chi connectivity index (χ3n) is 5.32. The zero-order valence-electron chi connectivity index (χ0n) is 12.1. The summed E-state index contributed by atoms with van der Waals surface area (Å²) in [5.74, 6) is -0.0637. The van der Waals surface area contributed by atoms with Crippen LogP contribution in [-0.4, -0.2) is 47.3 Å². The molecule has 0 N–H and O–H groups in total. The summed E-state index contributed by atoms with van der Waals surface area (Å²) in [6, 6.07) is 2.30. The second-order valence-corrected chi connectivity index (χ2v) is 6.75. The number of carbonyl (C=O) groups is 2. The summed E-state index contributed by atoms with van der Waals surface area (Å²) in [5, 5.41) is 9.62. The summed E-state index contributed by atoms with van der Waals surface area (Å²) in [5.41, 5.74) is -0.895. The van der Waals surface area contributed by atoms with Crippen molar-refractivity contribution in [3.05, 3.63) is 0 Å². The van der Waals surface area contributed by atoms with Crippen LogP contribution >= 0.6 is 0 Å². The minimum Gasteiger partial charge on any atom is -0.306 e. The standard InChI is InChI=1S/C15H21N3O2/c1-10-7-11-12(8-10)14(20)18(13(11)19)15(9-16)3-5-17(2)6-4-15/h10-12H,3-8H2,1-2H3. The third kappa shape index (κ3) is 1.78. The van der Waals surface area contributed by atoms with Gasteiger partial charge in [0, 0.05) is 13.1 Å². The lowest BCUT2D eigenvalue weighted by molar-refractivity contribution is -0.147. The lowest BCUT2D eigenvalue weighted by atomic mass is 9.87. The molecule has 5 nitrogen and oxygen atoms in total. The average molecular weight is 275 g/mol. The molecule has 20 heavy (non-hydrogen) atoms. The third-order valence-corrected chi connectivity index (χ3v) is 5.32. The van der Waals surface area contributed by atoms with E-state index in [1.54, 1.807) is 0 Å². The fourth-order valence-corrected chi connectivity index (χ4v) is 4.07. The van der Waals surface area contributed by atoms with Crippen molar-refractivity contribution >= 4 is 11.8 Å². The highest BCUT2D eigenvalue weighted by molar-refractivity contribution is 6.06. The normalized spacial score (nSPS) is 37.0. The number of amides is 2. The number of rotatable bonds is 1. The summed E-state index contributed by atoms with van der Waals surface area (Å²) in [6.07, 6.45) is 2.75. The number of nitrogens with zero attached hydrogens (tertiary/aromatic N) is 3. The molecule has 2 saturated heterocycles. The fraction of sp³-hybridized carbons (Fsp3) is 0.800. The van der Waals surface area contributed by atoms with E-state index < -0.39 is 5.54 Å². The Morgan fingerprint density at radius 2 is 1.65 bits per heavy atom.